The summed E-state index contributed by atoms with van der Waals surface area (Å²) in [5.74, 6) is -0.106. The molecule has 0 bridgehead atoms. The fourth-order valence-corrected chi connectivity index (χ4v) is 3.30. The molecule has 3 nitrogen and oxygen atoms in total. The molecule has 0 aliphatic heterocycles. The van der Waals surface area contributed by atoms with Crippen LogP contribution in [0.15, 0.2) is 15.2 Å². The van der Waals surface area contributed by atoms with E-state index in [0.29, 0.717) is 12.1 Å². The molecule has 1 aliphatic rings. The van der Waals surface area contributed by atoms with Crippen LogP contribution in [0.25, 0.3) is 0 Å². The van der Waals surface area contributed by atoms with Gasteiger partial charge in [0.25, 0.3) is 5.91 Å². The Morgan fingerprint density at radius 2 is 2.18 bits per heavy atom. The zero-order chi connectivity index (χ0) is 12.3. The second-order valence-electron chi connectivity index (χ2n) is 4.61. The van der Waals surface area contributed by atoms with Crippen LogP contribution in [-0.4, -0.2) is 23.2 Å². The van der Waals surface area contributed by atoms with E-state index in [1.165, 1.54) is 17.8 Å². The van der Waals surface area contributed by atoms with Crippen LogP contribution in [0, 0.1) is 0 Å². The summed E-state index contributed by atoms with van der Waals surface area (Å²) in [4.78, 5) is 11.8. The molecule has 1 amide bonds. The molecule has 1 saturated carbocycles. The molecule has 1 aromatic rings. The quantitative estimate of drug-likeness (QED) is 0.900. The second-order valence-corrected chi connectivity index (χ2v) is 6.90. The van der Waals surface area contributed by atoms with Gasteiger partial charge in [-0.1, -0.05) is 19.3 Å². The number of aliphatic hydroxyl groups is 1. The fraction of sp³-hybridized carbons (Fsp3) is 0.583. The van der Waals surface area contributed by atoms with Crippen LogP contribution < -0.4 is 5.32 Å². The van der Waals surface area contributed by atoms with E-state index in [-0.39, 0.29) is 5.91 Å². The predicted molar refractivity (Wildman–Crippen MR) is 72.4 cm³/mol. The molecular formula is C12H16BrNO2S. The van der Waals surface area contributed by atoms with Crippen LogP contribution in [0.3, 0.4) is 0 Å². The fourth-order valence-electron chi connectivity index (χ4n) is 2.16. The van der Waals surface area contributed by atoms with Crippen LogP contribution in [0.1, 0.15) is 42.5 Å². The number of carbonyl (C=O) groups is 1. The van der Waals surface area contributed by atoms with Gasteiger partial charge < -0.3 is 10.4 Å². The average molecular weight is 318 g/mol. The van der Waals surface area contributed by atoms with Gasteiger partial charge in [-0.15, -0.1) is 11.3 Å². The maximum absolute atomic E-state index is 11.8. The molecule has 5 heteroatoms. The first-order valence-electron chi connectivity index (χ1n) is 5.84. The molecule has 2 rings (SSSR count). The smallest absolute Gasteiger partial charge is 0.252 e. The summed E-state index contributed by atoms with van der Waals surface area (Å²) in [6, 6.07) is 1.80. The minimum absolute atomic E-state index is 0.106. The highest BCUT2D eigenvalue weighted by atomic mass is 79.9. The Morgan fingerprint density at radius 1 is 1.47 bits per heavy atom. The minimum atomic E-state index is -0.693. The molecule has 17 heavy (non-hydrogen) atoms. The second kappa shape index (κ2) is 5.50. The van der Waals surface area contributed by atoms with Crippen molar-refractivity contribution in [1.29, 1.82) is 0 Å². The van der Waals surface area contributed by atoms with E-state index >= 15 is 0 Å². The van der Waals surface area contributed by atoms with E-state index in [2.05, 4.69) is 21.2 Å². The Balaban J connectivity index is 1.87. The predicted octanol–water partition coefficient (Wildman–Crippen LogP) is 2.94. The number of nitrogens with one attached hydrogen (secondary N) is 1. The maximum Gasteiger partial charge on any atom is 0.252 e. The molecule has 0 spiro atoms. The average Bonchev–Trinajstić information content (AvgIpc) is 2.74. The van der Waals surface area contributed by atoms with Crippen LogP contribution >= 0.6 is 27.3 Å². The number of thiophene rings is 1. The van der Waals surface area contributed by atoms with E-state index < -0.39 is 5.60 Å². The molecule has 0 unspecified atom stereocenters. The molecule has 1 aromatic heterocycles. The molecule has 1 heterocycles. The maximum atomic E-state index is 11.8. The number of halogens is 1. The van der Waals surface area contributed by atoms with E-state index in [1.54, 1.807) is 6.07 Å². The number of amides is 1. The normalized spacial score (nSPS) is 18.9. The van der Waals surface area contributed by atoms with Gasteiger partial charge in [0, 0.05) is 11.9 Å². The van der Waals surface area contributed by atoms with Crippen LogP contribution in [0.5, 0.6) is 0 Å². The lowest BCUT2D eigenvalue weighted by atomic mass is 9.85. The lowest BCUT2D eigenvalue weighted by Gasteiger charge is -2.32. The van der Waals surface area contributed by atoms with E-state index in [0.717, 1.165) is 29.5 Å². The van der Waals surface area contributed by atoms with Crippen molar-refractivity contribution < 1.29 is 9.90 Å². The minimum Gasteiger partial charge on any atom is -0.388 e. The van der Waals surface area contributed by atoms with Gasteiger partial charge in [0.2, 0.25) is 0 Å². The van der Waals surface area contributed by atoms with Gasteiger partial charge in [0.1, 0.15) is 0 Å². The van der Waals surface area contributed by atoms with Gasteiger partial charge in [-0.05, 0) is 34.8 Å². The summed E-state index contributed by atoms with van der Waals surface area (Å²) in [5.41, 5.74) is -0.0393. The monoisotopic (exact) mass is 317 g/mol. The van der Waals surface area contributed by atoms with Crippen LogP contribution in [-0.2, 0) is 0 Å². The number of rotatable bonds is 3. The van der Waals surface area contributed by atoms with Crippen molar-refractivity contribution in [2.24, 2.45) is 0 Å². The molecule has 1 fully saturated rings. The molecule has 0 radical (unpaired) electrons. The highest BCUT2D eigenvalue weighted by Crippen LogP contribution is 2.27. The Bertz CT molecular complexity index is 399. The molecule has 0 atom stereocenters. The molecule has 1 aliphatic carbocycles. The Kier molecular flexibility index (Phi) is 4.22. The van der Waals surface area contributed by atoms with E-state index in [1.807, 2.05) is 5.38 Å². The topological polar surface area (TPSA) is 49.3 Å². The third-order valence-corrected chi connectivity index (χ3v) is 4.70. The summed E-state index contributed by atoms with van der Waals surface area (Å²) >= 11 is 4.81. The Hall–Kier alpha value is -0.390. The summed E-state index contributed by atoms with van der Waals surface area (Å²) in [6.07, 6.45) is 4.88. The summed E-state index contributed by atoms with van der Waals surface area (Å²) in [6.45, 7) is 0.360. The van der Waals surface area contributed by atoms with Crippen molar-refractivity contribution in [1.82, 2.24) is 5.32 Å². The van der Waals surface area contributed by atoms with Crippen molar-refractivity contribution in [3.05, 3.63) is 20.8 Å². The highest BCUT2D eigenvalue weighted by molar-refractivity contribution is 9.11. The lowest BCUT2D eigenvalue weighted by Crippen LogP contribution is -2.44. The number of hydrogen-bond donors (Lipinski definition) is 2. The summed E-state index contributed by atoms with van der Waals surface area (Å²) in [5, 5.41) is 14.9. The van der Waals surface area contributed by atoms with Crippen molar-refractivity contribution in [2.75, 3.05) is 6.54 Å². The summed E-state index contributed by atoms with van der Waals surface area (Å²) < 4.78 is 0.944. The summed E-state index contributed by atoms with van der Waals surface area (Å²) in [7, 11) is 0. The lowest BCUT2D eigenvalue weighted by molar-refractivity contribution is 0.00526. The van der Waals surface area contributed by atoms with Gasteiger partial charge in [-0.3, -0.25) is 4.79 Å². The Labute approximate surface area is 113 Å². The standard InChI is InChI=1S/C12H16BrNO2S/c13-10-6-9(7-17-10)11(15)14-8-12(16)4-2-1-3-5-12/h6-7,16H,1-5,8H2,(H,14,15). The highest BCUT2D eigenvalue weighted by Gasteiger charge is 2.29. The van der Waals surface area contributed by atoms with Crippen LogP contribution in [0.4, 0.5) is 0 Å². The first kappa shape index (κ1) is 13.1. The van der Waals surface area contributed by atoms with Crippen molar-refractivity contribution in [3.63, 3.8) is 0 Å². The van der Waals surface area contributed by atoms with Gasteiger partial charge >= 0.3 is 0 Å². The molecule has 2 N–H and O–H groups in total. The third kappa shape index (κ3) is 3.53. The molecule has 0 saturated heterocycles. The van der Waals surface area contributed by atoms with Crippen molar-refractivity contribution >= 4 is 33.2 Å². The number of hydrogen-bond acceptors (Lipinski definition) is 3. The van der Waals surface area contributed by atoms with Gasteiger partial charge in [0.15, 0.2) is 0 Å². The first-order valence-corrected chi connectivity index (χ1v) is 7.51. The third-order valence-electron chi connectivity index (χ3n) is 3.19. The van der Waals surface area contributed by atoms with E-state index in [9.17, 15) is 9.90 Å². The molecular weight excluding hydrogens is 302 g/mol. The zero-order valence-electron chi connectivity index (χ0n) is 9.54. The van der Waals surface area contributed by atoms with Crippen molar-refractivity contribution in [2.45, 2.75) is 37.7 Å². The van der Waals surface area contributed by atoms with E-state index in [4.69, 9.17) is 0 Å². The molecule has 94 valence electrons. The van der Waals surface area contributed by atoms with Gasteiger partial charge in [-0.25, -0.2) is 0 Å². The number of carbonyl (C=O) groups excluding carboxylic acids is 1. The molecule has 0 aromatic carbocycles. The SMILES string of the molecule is O=C(NCC1(O)CCCCC1)c1csc(Br)c1. The Morgan fingerprint density at radius 3 is 2.76 bits per heavy atom. The van der Waals surface area contributed by atoms with Crippen molar-refractivity contribution in [3.8, 4) is 0 Å². The first-order chi connectivity index (χ1) is 8.09. The van der Waals surface area contributed by atoms with Crippen LogP contribution in [0.2, 0.25) is 0 Å². The van der Waals surface area contributed by atoms with Gasteiger partial charge in [0.05, 0.1) is 15.0 Å². The largest absolute Gasteiger partial charge is 0.388 e. The zero-order valence-corrected chi connectivity index (χ0v) is 11.9. The van der Waals surface area contributed by atoms with Gasteiger partial charge in [-0.2, -0.15) is 0 Å².